The highest BCUT2D eigenvalue weighted by molar-refractivity contribution is 5.81. The van der Waals surface area contributed by atoms with E-state index in [1.807, 2.05) is 0 Å². The van der Waals surface area contributed by atoms with Gasteiger partial charge in [0.1, 0.15) is 0 Å². The molecule has 0 aromatic heterocycles. The van der Waals surface area contributed by atoms with E-state index in [4.69, 9.17) is 5.73 Å². The molecule has 2 fully saturated rings. The zero-order chi connectivity index (χ0) is 12.4. The lowest BCUT2D eigenvalue weighted by molar-refractivity contribution is -0.140. The Labute approximate surface area is 101 Å². The van der Waals surface area contributed by atoms with E-state index in [-0.39, 0.29) is 30.3 Å². The van der Waals surface area contributed by atoms with E-state index in [0.29, 0.717) is 18.4 Å². The molecule has 4 unspecified atom stereocenters. The van der Waals surface area contributed by atoms with Crippen LogP contribution in [0.5, 0.6) is 0 Å². The van der Waals surface area contributed by atoms with Gasteiger partial charge in [0.25, 0.3) is 0 Å². The van der Waals surface area contributed by atoms with Gasteiger partial charge in [0.2, 0.25) is 5.91 Å². The second kappa shape index (κ2) is 5.04. The van der Waals surface area contributed by atoms with Gasteiger partial charge in [-0.1, -0.05) is 0 Å². The molecule has 2 saturated carbocycles. The second-order valence-electron chi connectivity index (χ2n) is 5.05. The van der Waals surface area contributed by atoms with Gasteiger partial charge in [-0.15, -0.1) is 0 Å². The number of esters is 1. The van der Waals surface area contributed by atoms with Gasteiger partial charge >= 0.3 is 5.97 Å². The van der Waals surface area contributed by atoms with E-state index in [1.165, 1.54) is 7.11 Å². The minimum Gasteiger partial charge on any atom is -0.469 e. The lowest BCUT2D eigenvalue weighted by atomic mass is 9.84. The molecule has 0 aromatic rings. The highest BCUT2D eigenvalue weighted by atomic mass is 16.5. The molecule has 17 heavy (non-hydrogen) atoms. The molecule has 1 amide bonds. The van der Waals surface area contributed by atoms with Crippen molar-refractivity contribution in [2.24, 2.45) is 23.5 Å². The van der Waals surface area contributed by atoms with Crippen molar-refractivity contribution in [3.8, 4) is 0 Å². The molecule has 2 aliphatic carbocycles. The van der Waals surface area contributed by atoms with Crippen LogP contribution >= 0.6 is 0 Å². The first-order valence-electron chi connectivity index (χ1n) is 6.23. The maximum absolute atomic E-state index is 12.0. The van der Waals surface area contributed by atoms with Crippen LogP contribution in [0.3, 0.4) is 0 Å². The molecule has 0 radical (unpaired) electrons. The number of rotatable bonds is 4. The summed E-state index contributed by atoms with van der Waals surface area (Å²) in [5, 5.41) is 2.79. The number of amides is 1. The second-order valence-corrected chi connectivity index (χ2v) is 5.05. The van der Waals surface area contributed by atoms with Gasteiger partial charge in [0.05, 0.1) is 19.4 Å². The first kappa shape index (κ1) is 12.4. The predicted octanol–water partition coefficient (Wildman–Crippen LogP) is 0.0391. The van der Waals surface area contributed by atoms with Gasteiger partial charge in [0.15, 0.2) is 0 Å². The molecule has 0 spiro atoms. The first-order valence-corrected chi connectivity index (χ1v) is 6.23. The number of hydrogen-bond donors (Lipinski definition) is 2. The molecular weight excluding hydrogens is 220 g/mol. The summed E-state index contributed by atoms with van der Waals surface area (Å²) < 4.78 is 4.51. The van der Waals surface area contributed by atoms with Gasteiger partial charge in [-0.25, -0.2) is 0 Å². The van der Waals surface area contributed by atoms with Crippen molar-refractivity contribution >= 4 is 11.9 Å². The van der Waals surface area contributed by atoms with Gasteiger partial charge in [0, 0.05) is 12.6 Å². The lowest BCUT2D eigenvalue weighted by Crippen LogP contribution is -2.45. The van der Waals surface area contributed by atoms with E-state index in [1.54, 1.807) is 0 Å². The van der Waals surface area contributed by atoms with Crippen LogP contribution in [0, 0.1) is 17.8 Å². The molecule has 2 rings (SSSR count). The van der Waals surface area contributed by atoms with Crippen molar-refractivity contribution in [3.05, 3.63) is 0 Å². The Morgan fingerprint density at radius 3 is 2.65 bits per heavy atom. The fourth-order valence-electron chi connectivity index (χ4n) is 3.23. The molecule has 0 aliphatic heterocycles. The van der Waals surface area contributed by atoms with Crippen LogP contribution < -0.4 is 11.1 Å². The summed E-state index contributed by atoms with van der Waals surface area (Å²) in [4.78, 5) is 22.9. The standard InChI is InChI=1S/C12H20N2O3/c1-17-9(15)4-5-14-12(16)10-7-2-3-8(6-7)11(10)13/h7-8,10-11H,2-6,13H2,1H3,(H,14,16). The van der Waals surface area contributed by atoms with E-state index in [9.17, 15) is 9.59 Å². The first-order chi connectivity index (χ1) is 8.13. The molecule has 96 valence electrons. The van der Waals surface area contributed by atoms with Crippen molar-refractivity contribution in [1.82, 2.24) is 5.32 Å². The molecule has 0 aromatic carbocycles. The van der Waals surface area contributed by atoms with E-state index < -0.39 is 0 Å². The summed E-state index contributed by atoms with van der Waals surface area (Å²) >= 11 is 0. The summed E-state index contributed by atoms with van der Waals surface area (Å²) in [5.41, 5.74) is 6.07. The number of carbonyl (C=O) groups excluding carboxylic acids is 2. The van der Waals surface area contributed by atoms with Crippen LogP contribution in [0.25, 0.3) is 0 Å². The Morgan fingerprint density at radius 2 is 2.06 bits per heavy atom. The Hall–Kier alpha value is -1.10. The highest BCUT2D eigenvalue weighted by Crippen LogP contribution is 2.47. The third-order valence-electron chi connectivity index (χ3n) is 4.14. The number of hydrogen-bond acceptors (Lipinski definition) is 4. The summed E-state index contributed by atoms with van der Waals surface area (Å²) in [6.07, 6.45) is 3.60. The Bertz CT molecular complexity index is 317. The average molecular weight is 240 g/mol. The summed E-state index contributed by atoms with van der Waals surface area (Å²) in [6.45, 7) is 0.339. The number of fused-ring (bicyclic) bond motifs is 2. The fraction of sp³-hybridized carbons (Fsp3) is 0.833. The molecule has 5 heteroatoms. The molecule has 2 aliphatic rings. The molecular formula is C12H20N2O3. The predicted molar refractivity (Wildman–Crippen MR) is 61.9 cm³/mol. The van der Waals surface area contributed by atoms with Crippen LogP contribution in [0.2, 0.25) is 0 Å². The third kappa shape index (κ3) is 2.44. The lowest BCUT2D eigenvalue weighted by Gasteiger charge is -2.26. The van der Waals surface area contributed by atoms with Crippen LogP contribution in [0.1, 0.15) is 25.7 Å². The molecule has 4 atom stereocenters. The topological polar surface area (TPSA) is 81.4 Å². The summed E-state index contributed by atoms with van der Waals surface area (Å²) in [6, 6.07) is 0.00637. The van der Waals surface area contributed by atoms with E-state index in [0.717, 1.165) is 19.3 Å². The van der Waals surface area contributed by atoms with E-state index >= 15 is 0 Å². The molecule has 0 saturated heterocycles. The summed E-state index contributed by atoms with van der Waals surface area (Å²) in [5.74, 6) is 0.632. The molecule has 2 bridgehead atoms. The minimum absolute atomic E-state index is 0.00637. The zero-order valence-electron chi connectivity index (χ0n) is 10.1. The average Bonchev–Trinajstić information content (AvgIpc) is 2.88. The normalized spacial score (nSPS) is 34.7. The van der Waals surface area contributed by atoms with Crippen molar-refractivity contribution in [3.63, 3.8) is 0 Å². The molecule has 5 nitrogen and oxygen atoms in total. The van der Waals surface area contributed by atoms with Crippen molar-refractivity contribution in [1.29, 1.82) is 0 Å². The van der Waals surface area contributed by atoms with Crippen LogP contribution in [0.15, 0.2) is 0 Å². The van der Waals surface area contributed by atoms with Crippen molar-refractivity contribution in [2.75, 3.05) is 13.7 Å². The number of nitrogens with one attached hydrogen (secondary N) is 1. The number of methoxy groups -OCH3 is 1. The van der Waals surface area contributed by atoms with Gasteiger partial charge in [-0.05, 0) is 31.1 Å². The number of carbonyl (C=O) groups is 2. The Morgan fingerprint density at radius 1 is 1.35 bits per heavy atom. The van der Waals surface area contributed by atoms with Gasteiger partial charge in [-0.2, -0.15) is 0 Å². The molecule has 0 heterocycles. The quantitative estimate of drug-likeness (QED) is 0.680. The number of nitrogens with two attached hydrogens (primary N) is 1. The maximum Gasteiger partial charge on any atom is 0.307 e. The third-order valence-corrected chi connectivity index (χ3v) is 4.14. The van der Waals surface area contributed by atoms with Crippen molar-refractivity contribution in [2.45, 2.75) is 31.7 Å². The fourth-order valence-corrected chi connectivity index (χ4v) is 3.23. The maximum atomic E-state index is 12.0. The SMILES string of the molecule is COC(=O)CCNC(=O)C1C2CCC(C2)C1N. The van der Waals surface area contributed by atoms with Crippen LogP contribution in [0.4, 0.5) is 0 Å². The Kier molecular flexibility index (Phi) is 3.66. The minimum atomic E-state index is -0.303. The van der Waals surface area contributed by atoms with Crippen LogP contribution in [-0.4, -0.2) is 31.6 Å². The summed E-state index contributed by atoms with van der Waals surface area (Å²) in [7, 11) is 1.34. The smallest absolute Gasteiger partial charge is 0.307 e. The monoisotopic (exact) mass is 240 g/mol. The Balaban J connectivity index is 1.78. The molecule has 3 N–H and O–H groups in total. The highest BCUT2D eigenvalue weighted by Gasteiger charge is 2.48. The van der Waals surface area contributed by atoms with Crippen LogP contribution in [-0.2, 0) is 14.3 Å². The number of ether oxygens (including phenoxy) is 1. The van der Waals surface area contributed by atoms with Gasteiger partial charge < -0.3 is 15.8 Å². The zero-order valence-corrected chi connectivity index (χ0v) is 10.1. The largest absolute Gasteiger partial charge is 0.469 e. The van der Waals surface area contributed by atoms with E-state index in [2.05, 4.69) is 10.1 Å². The van der Waals surface area contributed by atoms with Crippen molar-refractivity contribution < 1.29 is 14.3 Å². The van der Waals surface area contributed by atoms with Gasteiger partial charge in [-0.3, -0.25) is 9.59 Å².